The van der Waals surface area contributed by atoms with Crippen molar-refractivity contribution in [2.24, 2.45) is 5.73 Å². The smallest absolute Gasteiger partial charge is 0.254 e. The van der Waals surface area contributed by atoms with E-state index in [1.54, 1.807) is 18.2 Å². The first-order valence-corrected chi connectivity index (χ1v) is 4.98. The average molecular weight is 223 g/mol. The van der Waals surface area contributed by atoms with Crippen LogP contribution < -0.4 is 16.2 Å². The third-order valence-corrected chi connectivity index (χ3v) is 2.10. The third-order valence-electron chi connectivity index (χ3n) is 2.10. The number of nitrogens with two attached hydrogens (primary N) is 2. The first kappa shape index (κ1) is 12.3. The maximum Gasteiger partial charge on any atom is 0.254 e. The summed E-state index contributed by atoms with van der Waals surface area (Å²) in [7, 11) is 3.88. The number of hydrogen-bond donors (Lipinski definition) is 2. The van der Waals surface area contributed by atoms with Gasteiger partial charge >= 0.3 is 0 Å². The first-order valence-electron chi connectivity index (χ1n) is 4.98. The SMILES string of the molecule is CN(C)CCOc1cccc(N)c1C(N)=O. The van der Waals surface area contributed by atoms with Gasteiger partial charge in [-0.2, -0.15) is 0 Å². The number of hydrogen-bond acceptors (Lipinski definition) is 4. The van der Waals surface area contributed by atoms with Gasteiger partial charge in [-0.15, -0.1) is 0 Å². The molecular formula is C11H17N3O2. The number of primary amides is 1. The number of benzene rings is 1. The molecule has 1 amide bonds. The standard InChI is InChI=1S/C11H17N3O2/c1-14(2)6-7-16-9-5-3-4-8(12)10(9)11(13)15/h3-5H,6-7,12H2,1-2H3,(H2,13,15). The Bertz CT molecular complexity index is 377. The number of carbonyl (C=O) groups is 1. The van der Waals surface area contributed by atoms with E-state index in [0.29, 0.717) is 18.0 Å². The molecule has 0 bridgehead atoms. The van der Waals surface area contributed by atoms with Crippen molar-refractivity contribution in [1.82, 2.24) is 4.90 Å². The summed E-state index contributed by atoms with van der Waals surface area (Å²) < 4.78 is 5.47. The Kier molecular flexibility index (Phi) is 4.13. The maximum atomic E-state index is 11.2. The summed E-state index contributed by atoms with van der Waals surface area (Å²) in [6.07, 6.45) is 0. The van der Waals surface area contributed by atoms with Gasteiger partial charge in [0.2, 0.25) is 0 Å². The van der Waals surface area contributed by atoms with Gasteiger partial charge in [0, 0.05) is 12.2 Å². The predicted octanol–water partition coefficient (Wildman–Crippen LogP) is 0.308. The molecule has 88 valence electrons. The molecule has 0 heterocycles. The Hall–Kier alpha value is -1.75. The largest absolute Gasteiger partial charge is 0.491 e. The highest BCUT2D eigenvalue weighted by molar-refractivity contribution is 6.00. The summed E-state index contributed by atoms with van der Waals surface area (Å²) in [6, 6.07) is 5.04. The Labute approximate surface area is 95.0 Å². The number of ether oxygens (including phenoxy) is 1. The minimum atomic E-state index is -0.571. The van der Waals surface area contributed by atoms with Crippen molar-refractivity contribution in [3.8, 4) is 5.75 Å². The first-order chi connectivity index (χ1) is 7.52. The average Bonchev–Trinajstić information content (AvgIpc) is 2.16. The van der Waals surface area contributed by atoms with Crippen LogP contribution in [0.4, 0.5) is 5.69 Å². The van der Waals surface area contributed by atoms with Crippen molar-refractivity contribution in [3.63, 3.8) is 0 Å². The quantitative estimate of drug-likeness (QED) is 0.704. The van der Waals surface area contributed by atoms with Crippen LogP contribution in [0.15, 0.2) is 18.2 Å². The van der Waals surface area contributed by atoms with E-state index in [1.807, 2.05) is 19.0 Å². The molecule has 0 aliphatic carbocycles. The molecule has 0 unspecified atom stereocenters. The van der Waals surface area contributed by atoms with E-state index in [2.05, 4.69) is 0 Å². The van der Waals surface area contributed by atoms with Gasteiger partial charge in [-0.25, -0.2) is 0 Å². The van der Waals surface area contributed by atoms with E-state index in [4.69, 9.17) is 16.2 Å². The van der Waals surface area contributed by atoms with E-state index in [0.717, 1.165) is 6.54 Å². The minimum Gasteiger partial charge on any atom is -0.491 e. The molecule has 1 aromatic rings. The zero-order chi connectivity index (χ0) is 12.1. The Morgan fingerprint density at radius 3 is 2.69 bits per heavy atom. The van der Waals surface area contributed by atoms with Gasteiger partial charge in [-0.1, -0.05) is 6.07 Å². The third kappa shape index (κ3) is 3.13. The number of carbonyl (C=O) groups excluding carboxylic acids is 1. The number of likely N-dealkylation sites (N-methyl/N-ethyl adjacent to an activating group) is 1. The molecule has 0 radical (unpaired) electrons. The van der Waals surface area contributed by atoms with Crippen molar-refractivity contribution >= 4 is 11.6 Å². The molecule has 0 saturated heterocycles. The molecular weight excluding hydrogens is 206 g/mol. The summed E-state index contributed by atoms with van der Waals surface area (Å²) in [5.74, 6) is -0.132. The van der Waals surface area contributed by atoms with Gasteiger partial charge < -0.3 is 21.1 Å². The van der Waals surface area contributed by atoms with Gasteiger partial charge in [-0.3, -0.25) is 4.79 Å². The van der Waals surface area contributed by atoms with Crippen molar-refractivity contribution < 1.29 is 9.53 Å². The summed E-state index contributed by atoms with van der Waals surface area (Å²) in [5, 5.41) is 0. The highest BCUT2D eigenvalue weighted by Crippen LogP contribution is 2.23. The van der Waals surface area contributed by atoms with Crippen LogP contribution in [0.25, 0.3) is 0 Å². The van der Waals surface area contributed by atoms with E-state index < -0.39 is 5.91 Å². The van der Waals surface area contributed by atoms with E-state index in [-0.39, 0.29) is 5.56 Å². The molecule has 0 saturated carbocycles. The lowest BCUT2D eigenvalue weighted by Crippen LogP contribution is -2.21. The topological polar surface area (TPSA) is 81.6 Å². The highest BCUT2D eigenvalue weighted by atomic mass is 16.5. The molecule has 0 aromatic heterocycles. The molecule has 1 aromatic carbocycles. The van der Waals surface area contributed by atoms with Crippen LogP contribution in [0.1, 0.15) is 10.4 Å². The number of amides is 1. The second kappa shape index (κ2) is 5.37. The number of rotatable bonds is 5. The lowest BCUT2D eigenvalue weighted by molar-refractivity contribution is 0.0997. The van der Waals surface area contributed by atoms with Gasteiger partial charge in [0.05, 0.1) is 0 Å². The predicted molar refractivity (Wildman–Crippen MR) is 63.4 cm³/mol. The Morgan fingerprint density at radius 2 is 2.12 bits per heavy atom. The minimum absolute atomic E-state index is 0.251. The lowest BCUT2D eigenvalue weighted by Gasteiger charge is -2.13. The summed E-state index contributed by atoms with van der Waals surface area (Å²) in [6.45, 7) is 1.24. The number of anilines is 1. The molecule has 0 spiro atoms. The van der Waals surface area contributed by atoms with Gasteiger partial charge in [0.1, 0.15) is 17.9 Å². The lowest BCUT2D eigenvalue weighted by atomic mass is 10.1. The second-order valence-corrected chi connectivity index (χ2v) is 3.74. The fraction of sp³-hybridized carbons (Fsp3) is 0.364. The fourth-order valence-corrected chi connectivity index (χ4v) is 1.27. The fourth-order valence-electron chi connectivity index (χ4n) is 1.27. The van der Waals surface area contributed by atoms with Crippen molar-refractivity contribution in [2.45, 2.75) is 0 Å². The van der Waals surface area contributed by atoms with Crippen LogP contribution in [0.5, 0.6) is 5.75 Å². The molecule has 5 nitrogen and oxygen atoms in total. The maximum absolute atomic E-state index is 11.2. The number of nitrogen functional groups attached to an aromatic ring is 1. The van der Waals surface area contributed by atoms with Crippen LogP contribution in [0, 0.1) is 0 Å². The van der Waals surface area contributed by atoms with Crippen LogP contribution in [0.2, 0.25) is 0 Å². The summed E-state index contributed by atoms with van der Waals surface area (Å²) in [4.78, 5) is 13.2. The van der Waals surface area contributed by atoms with Crippen molar-refractivity contribution in [2.75, 3.05) is 33.0 Å². The molecule has 0 aliphatic heterocycles. The van der Waals surface area contributed by atoms with E-state index in [9.17, 15) is 4.79 Å². The molecule has 16 heavy (non-hydrogen) atoms. The normalized spacial score (nSPS) is 10.4. The molecule has 5 heteroatoms. The Morgan fingerprint density at radius 1 is 1.44 bits per heavy atom. The summed E-state index contributed by atoms with van der Waals surface area (Å²) >= 11 is 0. The zero-order valence-electron chi connectivity index (χ0n) is 9.56. The van der Waals surface area contributed by atoms with Crippen LogP contribution in [0.3, 0.4) is 0 Å². The molecule has 0 aliphatic rings. The van der Waals surface area contributed by atoms with E-state index >= 15 is 0 Å². The zero-order valence-corrected chi connectivity index (χ0v) is 9.56. The monoisotopic (exact) mass is 223 g/mol. The van der Waals surface area contributed by atoms with Gasteiger partial charge in [-0.05, 0) is 26.2 Å². The van der Waals surface area contributed by atoms with Gasteiger partial charge in [0.15, 0.2) is 0 Å². The van der Waals surface area contributed by atoms with Crippen LogP contribution in [-0.4, -0.2) is 38.1 Å². The Balaban J connectivity index is 2.79. The second-order valence-electron chi connectivity index (χ2n) is 3.74. The van der Waals surface area contributed by atoms with Crippen molar-refractivity contribution in [1.29, 1.82) is 0 Å². The summed E-state index contributed by atoms with van der Waals surface area (Å²) in [5.41, 5.74) is 11.5. The highest BCUT2D eigenvalue weighted by Gasteiger charge is 2.12. The molecule has 4 N–H and O–H groups in total. The van der Waals surface area contributed by atoms with Gasteiger partial charge in [0.25, 0.3) is 5.91 Å². The van der Waals surface area contributed by atoms with Crippen molar-refractivity contribution in [3.05, 3.63) is 23.8 Å². The number of nitrogens with zero attached hydrogens (tertiary/aromatic N) is 1. The van der Waals surface area contributed by atoms with Crippen LogP contribution >= 0.6 is 0 Å². The molecule has 0 fully saturated rings. The molecule has 1 rings (SSSR count). The van der Waals surface area contributed by atoms with E-state index in [1.165, 1.54) is 0 Å². The molecule has 0 atom stereocenters. The van der Waals surface area contributed by atoms with Crippen LogP contribution in [-0.2, 0) is 0 Å².